The Bertz CT molecular complexity index is 958. The Labute approximate surface area is 238 Å². The molecule has 6 aliphatic rings. The second-order valence-corrected chi connectivity index (χ2v) is 16.5. The van der Waals surface area contributed by atoms with Gasteiger partial charge in [0.2, 0.25) is 0 Å². The normalized spacial score (nSPS) is 54.5. The predicted molar refractivity (Wildman–Crippen MR) is 153 cm³/mol. The standard InChI is InChI=1S/C34H58O5/c1-10-37-27(30(6,7)36)21-18-20(3)25-26(39-21)28(38-11-2)32(9)23-13-12-22-29(4,5)24(35)14-15-33(22)19-34(23,33)17-16-31(25,32)8/h20-28,35-36H,10-19H2,1-9H3/t20-,21-,22+,23+,24+,25+,26+,27+,28+,31-,32-,33?,34?/m1/s1. The fourth-order valence-corrected chi connectivity index (χ4v) is 12.9. The van der Waals surface area contributed by atoms with E-state index >= 15 is 0 Å². The third kappa shape index (κ3) is 3.49. The van der Waals surface area contributed by atoms with Gasteiger partial charge in [-0.25, -0.2) is 0 Å². The van der Waals surface area contributed by atoms with Crippen molar-refractivity contribution in [3.8, 4) is 0 Å². The zero-order valence-electron chi connectivity index (χ0n) is 26.4. The molecule has 1 heterocycles. The number of hydrogen-bond donors (Lipinski definition) is 2. The maximum absolute atomic E-state index is 11.1. The lowest BCUT2D eigenvalue weighted by Crippen LogP contribution is -2.60. The molecule has 0 radical (unpaired) electrons. The first-order valence-electron chi connectivity index (χ1n) is 16.4. The Morgan fingerprint density at radius 3 is 2.26 bits per heavy atom. The minimum absolute atomic E-state index is 0.00753. The molecular weight excluding hydrogens is 488 g/mol. The molecule has 39 heavy (non-hydrogen) atoms. The Balaban J connectivity index is 1.39. The topological polar surface area (TPSA) is 68.2 Å². The number of rotatable bonds is 6. The van der Waals surface area contributed by atoms with Crippen LogP contribution in [-0.2, 0) is 14.2 Å². The van der Waals surface area contributed by atoms with Crippen LogP contribution in [0.15, 0.2) is 0 Å². The second-order valence-electron chi connectivity index (χ2n) is 16.5. The molecule has 0 amide bonds. The summed E-state index contributed by atoms with van der Waals surface area (Å²) in [4.78, 5) is 0. The molecule has 2 unspecified atom stereocenters. The largest absolute Gasteiger partial charge is 0.393 e. The maximum Gasteiger partial charge on any atom is 0.112 e. The molecule has 13 atom stereocenters. The molecule has 0 bridgehead atoms. The Morgan fingerprint density at radius 2 is 1.62 bits per heavy atom. The second kappa shape index (κ2) is 8.91. The van der Waals surface area contributed by atoms with E-state index in [0.717, 1.165) is 12.8 Å². The van der Waals surface area contributed by atoms with Crippen LogP contribution in [0, 0.1) is 50.7 Å². The Morgan fingerprint density at radius 1 is 0.949 bits per heavy atom. The van der Waals surface area contributed by atoms with Gasteiger partial charge in [-0.05, 0) is 124 Å². The molecule has 0 aromatic carbocycles. The van der Waals surface area contributed by atoms with Crippen LogP contribution in [0.3, 0.4) is 0 Å². The van der Waals surface area contributed by atoms with E-state index in [9.17, 15) is 10.2 Å². The third-order valence-corrected chi connectivity index (χ3v) is 14.5. The van der Waals surface area contributed by atoms with E-state index < -0.39 is 5.60 Å². The Hall–Kier alpha value is -0.200. The van der Waals surface area contributed by atoms with Crippen LogP contribution in [-0.4, -0.2) is 59.5 Å². The monoisotopic (exact) mass is 546 g/mol. The van der Waals surface area contributed by atoms with Gasteiger partial charge in [0.15, 0.2) is 0 Å². The molecule has 224 valence electrons. The smallest absolute Gasteiger partial charge is 0.112 e. The van der Waals surface area contributed by atoms with Gasteiger partial charge < -0.3 is 24.4 Å². The van der Waals surface area contributed by atoms with Crippen molar-refractivity contribution in [2.75, 3.05) is 13.2 Å². The van der Waals surface area contributed by atoms with Crippen molar-refractivity contribution in [2.45, 2.75) is 150 Å². The lowest BCUT2D eigenvalue weighted by Gasteiger charge is -2.63. The number of hydrogen-bond acceptors (Lipinski definition) is 5. The summed E-state index contributed by atoms with van der Waals surface area (Å²) in [7, 11) is 0. The van der Waals surface area contributed by atoms with Gasteiger partial charge in [-0.2, -0.15) is 0 Å². The van der Waals surface area contributed by atoms with Gasteiger partial charge in [0.1, 0.15) is 6.10 Å². The number of fused-ring (bicyclic) bond motifs is 4. The summed E-state index contributed by atoms with van der Waals surface area (Å²) in [6.07, 6.45) is 8.96. The maximum atomic E-state index is 11.1. The first-order chi connectivity index (χ1) is 18.2. The highest BCUT2D eigenvalue weighted by molar-refractivity contribution is 5.33. The molecular formula is C34H58O5. The van der Waals surface area contributed by atoms with Crippen LogP contribution in [0.2, 0.25) is 0 Å². The van der Waals surface area contributed by atoms with Gasteiger partial charge in [0, 0.05) is 18.6 Å². The van der Waals surface area contributed by atoms with E-state index in [1.807, 2.05) is 20.8 Å². The highest BCUT2D eigenvalue weighted by Gasteiger charge is 2.84. The van der Waals surface area contributed by atoms with E-state index in [-0.39, 0.29) is 46.8 Å². The summed E-state index contributed by atoms with van der Waals surface area (Å²) in [5.41, 5.74) is 0.0536. The first-order valence-corrected chi connectivity index (χ1v) is 16.4. The molecule has 5 aliphatic carbocycles. The highest BCUT2D eigenvalue weighted by atomic mass is 16.6. The summed E-state index contributed by atoms with van der Waals surface area (Å²) in [6, 6.07) is 0. The predicted octanol–water partition coefficient (Wildman–Crippen LogP) is 6.38. The zero-order chi connectivity index (χ0) is 28.4. The van der Waals surface area contributed by atoms with Crippen molar-refractivity contribution in [3.63, 3.8) is 0 Å². The quantitative estimate of drug-likeness (QED) is 0.405. The van der Waals surface area contributed by atoms with Gasteiger partial charge in [0.25, 0.3) is 0 Å². The summed E-state index contributed by atoms with van der Waals surface area (Å²) >= 11 is 0. The average molecular weight is 547 g/mol. The van der Waals surface area contributed by atoms with Crippen molar-refractivity contribution in [2.24, 2.45) is 50.7 Å². The zero-order valence-corrected chi connectivity index (χ0v) is 26.4. The molecule has 1 aliphatic heterocycles. The lowest BCUT2D eigenvalue weighted by molar-refractivity contribution is -0.220. The van der Waals surface area contributed by atoms with Crippen molar-refractivity contribution in [3.05, 3.63) is 0 Å². The van der Waals surface area contributed by atoms with Crippen LogP contribution >= 0.6 is 0 Å². The summed E-state index contributed by atoms with van der Waals surface area (Å²) in [5, 5.41) is 22.1. The van der Waals surface area contributed by atoms with Crippen LogP contribution < -0.4 is 0 Å². The molecule has 0 aromatic heterocycles. The van der Waals surface area contributed by atoms with Crippen LogP contribution in [0.25, 0.3) is 0 Å². The molecule has 2 N–H and O–H groups in total. The average Bonchev–Trinajstić information content (AvgIpc) is 3.48. The van der Waals surface area contributed by atoms with Crippen molar-refractivity contribution in [1.29, 1.82) is 0 Å². The highest BCUT2D eigenvalue weighted by Crippen LogP contribution is 2.89. The van der Waals surface area contributed by atoms with Gasteiger partial charge in [-0.1, -0.05) is 34.6 Å². The van der Waals surface area contributed by atoms with E-state index in [1.165, 1.54) is 38.5 Å². The SMILES string of the molecule is CCO[C@@H]([C@H]1C[C@@H](C)[C@H]2[C@H](O1)[C@H](OCC)[C@@]1(C)[C@@H]3CC[C@H]4C(C)(C)[C@@H](O)CCC45CC35CC[C@]21C)C(C)(C)O. The van der Waals surface area contributed by atoms with E-state index in [4.69, 9.17) is 14.2 Å². The number of ether oxygens (including phenoxy) is 3. The van der Waals surface area contributed by atoms with Crippen LogP contribution in [0.5, 0.6) is 0 Å². The summed E-state index contributed by atoms with van der Waals surface area (Å²) in [6.45, 7) is 21.5. The fraction of sp³-hybridized carbons (Fsp3) is 1.00. The molecule has 5 heteroatoms. The molecule has 2 spiro atoms. The first kappa shape index (κ1) is 28.9. The fourth-order valence-electron chi connectivity index (χ4n) is 12.9. The summed E-state index contributed by atoms with van der Waals surface area (Å²) in [5.74, 6) is 2.20. The van der Waals surface area contributed by atoms with E-state index in [1.54, 1.807) is 0 Å². The van der Waals surface area contributed by atoms with Crippen LogP contribution in [0.4, 0.5) is 0 Å². The van der Waals surface area contributed by atoms with Gasteiger partial charge in [0.05, 0.1) is 30.0 Å². The van der Waals surface area contributed by atoms with Crippen molar-refractivity contribution >= 4 is 0 Å². The molecule has 6 rings (SSSR count). The molecule has 1 saturated heterocycles. The van der Waals surface area contributed by atoms with Crippen molar-refractivity contribution < 1.29 is 24.4 Å². The number of aliphatic hydroxyl groups is 2. The van der Waals surface area contributed by atoms with E-state index in [0.29, 0.717) is 47.7 Å². The third-order valence-electron chi connectivity index (χ3n) is 14.5. The van der Waals surface area contributed by atoms with Gasteiger partial charge in [-0.15, -0.1) is 0 Å². The summed E-state index contributed by atoms with van der Waals surface area (Å²) < 4.78 is 20.2. The van der Waals surface area contributed by atoms with Gasteiger partial charge in [-0.3, -0.25) is 0 Å². The molecule has 0 aromatic rings. The molecule has 5 saturated carbocycles. The molecule has 5 nitrogen and oxygen atoms in total. The lowest BCUT2D eigenvalue weighted by atomic mass is 9.41. The van der Waals surface area contributed by atoms with E-state index in [2.05, 4.69) is 41.5 Å². The van der Waals surface area contributed by atoms with Crippen molar-refractivity contribution in [1.82, 2.24) is 0 Å². The minimum Gasteiger partial charge on any atom is -0.393 e. The van der Waals surface area contributed by atoms with Crippen LogP contribution in [0.1, 0.15) is 114 Å². The number of aliphatic hydroxyl groups excluding tert-OH is 1. The molecule has 6 fully saturated rings. The minimum atomic E-state index is -0.964. The van der Waals surface area contributed by atoms with Gasteiger partial charge >= 0.3 is 0 Å². The Kier molecular flexibility index (Phi) is 6.60.